The molecule has 0 unspecified atom stereocenters. The first kappa shape index (κ1) is 89.9. The molecule has 2 heterocycles. The molecule has 0 aliphatic carbocycles. The molecule has 0 radical (unpaired) electrons. The largest absolute Gasteiger partial charge is 0.507 e. The molecule has 2 aromatic heterocycles. The number of hydrogen-bond donors (Lipinski definition) is 4. The highest BCUT2D eigenvalue weighted by Crippen LogP contribution is 2.51. The summed E-state index contributed by atoms with van der Waals surface area (Å²) >= 11 is 1.83. The van der Waals surface area contributed by atoms with E-state index in [0.29, 0.717) is 45.6 Å². The molecule has 0 aliphatic heterocycles. The molecule has 0 atom stereocenters. The minimum absolute atomic E-state index is 0.00195. The van der Waals surface area contributed by atoms with E-state index in [-0.39, 0.29) is 46.1 Å². The summed E-state index contributed by atoms with van der Waals surface area (Å²) in [5.74, 6) is 1.06. The number of methoxy groups -OCH3 is 1. The van der Waals surface area contributed by atoms with Gasteiger partial charge in [0.05, 0.1) is 36.0 Å². The number of aromatic hydroxyl groups is 4. The molecule has 0 saturated carbocycles. The van der Waals surface area contributed by atoms with Crippen LogP contribution < -0.4 is 9.47 Å². The zero-order chi connectivity index (χ0) is 101. The van der Waals surface area contributed by atoms with Crippen molar-refractivity contribution >= 4 is 217 Å². The number of carbonyl (C=O) groups is 4. The monoisotopic (exact) mass is 1940 g/mol. The molecular formula is C137H88O11S. The SMILES string of the molecule is CCCOc1ccc(-c2ccc3ccc4c(C(=O)c5ccccc5O)ccc5ccc2c3c54)cc1.COc1ccc(-c2ccc3ccc4c(-c5ccc(O)c(C(C)=O)c5)ccc5ccc2c3c54)c2ccccc12.O=C(c1ccccc1O)c1ccc2ccc3c(-c4ccc5c(c4)sc4ccccc45)ccc4ccc1c2c43.O=C(c1ccccc1O)c1ccc2ccc3c(-c4cccc5oc6ccccc6c45)ccc4ccc1c2c43. The van der Waals surface area contributed by atoms with Crippen molar-refractivity contribution in [2.75, 3.05) is 13.7 Å². The Morgan fingerprint density at radius 3 is 1.05 bits per heavy atom. The van der Waals surface area contributed by atoms with Gasteiger partial charge in [0.1, 0.15) is 45.7 Å². The predicted octanol–water partition coefficient (Wildman–Crippen LogP) is 35.6. The highest BCUT2D eigenvalue weighted by molar-refractivity contribution is 7.25. The number of phenolic OH excluding ortho intramolecular Hbond substituents is 4. The zero-order valence-electron chi connectivity index (χ0n) is 81.0. The first-order chi connectivity index (χ1) is 73.1. The van der Waals surface area contributed by atoms with Crippen LogP contribution in [0.3, 0.4) is 0 Å². The molecule has 708 valence electrons. The molecule has 29 rings (SSSR count). The number of ether oxygens (including phenoxy) is 2. The molecule has 149 heavy (non-hydrogen) atoms. The number of rotatable bonds is 16. The third-order valence-electron chi connectivity index (χ3n) is 29.9. The van der Waals surface area contributed by atoms with Crippen LogP contribution >= 0.6 is 11.3 Å². The van der Waals surface area contributed by atoms with Crippen LogP contribution in [0.5, 0.6) is 34.5 Å². The van der Waals surface area contributed by atoms with Gasteiger partial charge >= 0.3 is 0 Å². The van der Waals surface area contributed by atoms with Gasteiger partial charge < -0.3 is 34.3 Å². The van der Waals surface area contributed by atoms with Crippen molar-refractivity contribution in [2.45, 2.75) is 20.3 Å². The Bertz CT molecular complexity index is 10600. The molecule has 0 aliphatic rings. The Morgan fingerprint density at radius 1 is 0.248 bits per heavy atom. The zero-order valence-corrected chi connectivity index (χ0v) is 81.8. The summed E-state index contributed by atoms with van der Waals surface area (Å²) < 4.78 is 20.2. The summed E-state index contributed by atoms with van der Waals surface area (Å²) in [6, 6.07) is 143. The topological polar surface area (TPSA) is 181 Å². The van der Waals surface area contributed by atoms with E-state index in [1.807, 2.05) is 127 Å². The highest BCUT2D eigenvalue weighted by atomic mass is 32.1. The Kier molecular flexibility index (Phi) is 21.9. The molecule has 12 heteroatoms. The van der Waals surface area contributed by atoms with Gasteiger partial charge in [0.25, 0.3) is 0 Å². The first-order valence-corrected chi connectivity index (χ1v) is 50.6. The molecule has 0 amide bonds. The third kappa shape index (κ3) is 15.0. The average Bonchev–Trinajstić information content (AvgIpc) is 1.40. The Morgan fingerprint density at radius 2 is 0.584 bits per heavy atom. The summed E-state index contributed by atoms with van der Waals surface area (Å²) in [7, 11) is 1.71. The van der Waals surface area contributed by atoms with Gasteiger partial charge in [-0.15, -0.1) is 11.3 Å². The average molecular weight is 1940 g/mol. The number of carbonyl (C=O) groups excluding carboxylic acids is 4. The molecule has 0 saturated heterocycles. The number of phenols is 4. The van der Waals surface area contributed by atoms with Crippen molar-refractivity contribution in [3.8, 4) is 90.1 Å². The fourth-order valence-electron chi connectivity index (χ4n) is 23.0. The van der Waals surface area contributed by atoms with E-state index in [1.165, 1.54) is 87.1 Å². The first-order valence-electron chi connectivity index (χ1n) is 49.8. The fourth-order valence-corrected chi connectivity index (χ4v) is 24.1. The number of Topliss-reactive ketones (excluding diaryl/α,β-unsaturated/α-hetero) is 1. The van der Waals surface area contributed by atoms with Crippen LogP contribution in [0.4, 0.5) is 0 Å². The number of furan rings is 1. The summed E-state index contributed by atoms with van der Waals surface area (Å²) in [6.07, 6.45) is 0.977. The minimum atomic E-state index is -0.184. The van der Waals surface area contributed by atoms with Crippen molar-refractivity contribution < 1.29 is 53.5 Å². The lowest BCUT2D eigenvalue weighted by molar-refractivity contribution is 0.101. The molecule has 29 aromatic rings. The summed E-state index contributed by atoms with van der Waals surface area (Å²) in [4.78, 5) is 52.7. The molecule has 27 aromatic carbocycles. The second-order valence-corrected chi connectivity index (χ2v) is 39.3. The molecular weight excluding hydrogens is 1850 g/mol. The van der Waals surface area contributed by atoms with E-state index >= 15 is 0 Å². The van der Waals surface area contributed by atoms with Crippen molar-refractivity contribution in [1.29, 1.82) is 0 Å². The number of fused-ring (bicyclic) bond motifs is 7. The maximum Gasteiger partial charge on any atom is 0.197 e. The molecule has 4 N–H and O–H groups in total. The smallest absolute Gasteiger partial charge is 0.197 e. The number of hydrogen-bond acceptors (Lipinski definition) is 12. The molecule has 0 bridgehead atoms. The third-order valence-corrected chi connectivity index (χ3v) is 31.1. The fraction of sp³-hybridized carbons (Fsp3) is 0.0365. The predicted molar refractivity (Wildman–Crippen MR) is 614 cm³/mol. The number of para-hydroxylation sites is 4. The maximum absolute atomic E-state index is 13.6. The second-order valence-electron chi connectivity index (χ2n) is 38.2. The van der Waals surface area contributed by atoms with Gasteiger partial charge in [-0.25, -0.2) is 0 Å². The van der Waals surface area contributed by atoms with Crippen LogP contribution in [-0.4, -0.2) is 57.3 Å². The van der Waals surface area contributed by atoms with Gasteiger partial charge in [-0.05, 0) is 313 Å². The minimum Gasteiger partial charge on any atom is -0.507 e. The van der Waals surface area contributed by atoms with E-state index in [4.69, 9.17) is 13.9 Å². The normalized spacial score (nSPS) is 11.7. The lowest BCUT2D eigenvalue weighted by Gasteiger charge is -2.18. The van der Waals surface area contributed by atoms with Gasteiger partial charge in [0.2, 0.25) is 0 Å². The van der Waals surface area contributed by atoms with E-state index in [9.17, 15) is 39.6 Å². The quantitative estimate of drug-likeness (QED) is 0.0534. The van der Waals surface area contributed by atoms with E-state index in [2.05, 4.69) is 237 Å². The Labute approximate surface area is 857 Å². The van der Waals surface area contributed by atoms with Crippen LogP contribution in [0.1, 0.15) is 78.4 Å². The van der Waals surface area contributed by atoms with E-state index in [1.54, 1.807) is 92.0 Å². The highest BCUT2D eigenvalue weighted by Gasteiger charge is 2.28. The van der Waals surface area contributed by atoms with Crippen LogP contribution in [-0.2, 0) is 0 Å². The number of benzene rings is 27. The second kappa shape index (κ2) is 36.3. The Hall–Kier alpha value is -19.1. The van der Waals surface area contributed by atoms with Crippen molar-refractivity contribution in [3.63, 3.8) is 0 Å². The van der Waals surface area contributed by atoms with Crippen LogP contribution in [0.25, 0.3) is 238 Å². The standard InChI is InChI=1S/C35H20O3.C35H24O3.C35H20O2S.C32H24O3/c36-29-9-3-1-6-27(29)35(37)26-19-15-21-13-17-24-22(16-12-20-14-18-25(26)33(21)32(20)24)23-8-5-11-31-34(23)28-7-2-4-10-30(28)38-31;1-20(36)31-19-23(11-17-32(31)37)24-12-7-21-10-15-30-27(13-8-22-9-14-29(24)34(21)35(22)30)26-16-18-33(38-2)28-6-4-3-5-25(26)28;36-30-7-3-1-6-29(30)35(37)28-18-12-21-10-16-26-23(14-9-20-11-17-27(28)34(21)33(20)26)22-13-15-25-24-5-2-4-8-31(24)38-32(25)19-22;1-2-19-35-23-13-7-20(8-14-23)24-15-9-21-11-17-26-27(32(34)28-5-3-4-6-29(28)33)18-12-22-10-16-25(24)30(21)31(22)26/h1-19,36H;3-19,37H,1-2H3;1-19,36H;3-18,33H,2,19H2,1H3. The number of ketones is 4. The van der Waals surface area contributed by atoms with Crippen molar-refractivity contribution in [1.82, 2.24) is 0 Å². The van der Waals surface area contributed by atoms with Crippen LogP contribution in [0, 0.1) is 0 Å². The van der Waals surface area contributed by atoms with E-state index in [0.717, 1.165) is 176 Å². The summed E-state index contributed by atoms with van der Waals surface area (Å²) in [5, 5.41) is 74.9. The summed E-state index contributed by atoms with van der Waals surface area (Å²) in [5.41, 5.74) is 16.0. The number of thiophene rings is 1. The van der Waals surface area contributed by atoms with Gasteiger partial charge in [-0.3, -0.25) is 19.2 Å². The lowest BCUT2D eigenvalue weighted by atomic mass is 9.86. The van der Waals surface area contributed by atoms with Crippen molar-refractivity contribution in [2.24, 2.45) is 0 Å². The lowest BCUT2D eigenvalue weighted by Crippen LogP contribution is -2.03. The van der Waals surface area contributed by atoms with Crippen LogP contribution in [0.2, 0.25) is 0 Å². The van der Waals surface area contributed by atoms with Crippen molar-refractivity contribution in [3.05, 3.63) is 470 Å². The Balaban J connectivity index is 0.000000100. The maximum atomic E-state index is 13.6. The van der Waals surface area contributed by atoms with Gasteiger partial charge in [-0.1, -0.05) is 328 Å². The molecule has 11 nitrogen and oxygen atoms in total. The van der Waals surface area contributed by atoms with Gasteiger partial charge in [0.15, 0.2) is 23.1 Å². The van der Waals surface area contributed by atoms with Crippen LogP contribution in [0.15, 0.2) is 435 Å². The van der Waals surface area contributed by atoms with Gasteiger partial charge in [-0.2, -0.15) is 0 Å². The van der Waals surface area contributed by atoms with Gasteiger partial charge in [0, 0.05) is 53.0 Å². The molecule has 0 fully saturated rings. The summed E-state index contributed by atoms with van der Waals surface area (Å²) in [6.45, 7) is 4.29. The van der Waals surface area contributed by atoms with E-state index < -0.39 is 0 Å². The molecule has 0 spiro atoms.